The Hall–Kier alpha value is -1.15. The molecule has 0 aromatic rings. The van der Waals surface area contributed by atoms with Gasteiger partial charge in [0.25, 0.3) is 0 Å². The Morgan fingerprint density at radius 2 is 1.52 bits per heavy atom. The average Bonchev–Trinajstić information content (AvgIpc) is 2.59. The summed E-state index contributed by atoms with van der Waals surface area (Å²) in [7, 11) is 0. The molecule has 0 aliphatic carbocycles. The smallest absolute Gasteiger partial charge is 0.141 e. The fourth-order valence-electron chi connectivity index (χ4n) is 2.76. The summed E-state index contributed by atoms with van der Waals surface area (Å²) in [6.07, 6.45) is 7.70. The summed E-state index contributed by atoms with van der Waals surface area (Å²) in [6.45, 7) is 8.48. The van der Waals surface area contributed by atoms with E-state index in [1.807, 2.05) is 11.8 Å². The second-order valence-corrected chi connectivity index (χ2v) is 8.69. The highest BCUT2D eigenvalue weighted by atomic mass is 32.2. The number of amidine groups is 2. The lowest BCUT2D eigenvalue weighted by atomic mass is 9.81. The van der Waals surface area contributed by atoms with Gasteiger partial charge in [0.15, 0.2) is 0 Å². The van der Waals surface area contributed by atoms with Crippen molar-refractivity contribution in [2.45, 2.75) is 72.6 Å². The number of thioether (sulfide) groups is 1. The van der Waals surface area contributed by atoms with E-state index in [4.69, 9.17) is 23.3 Å². The maximum atomic E-state index is 5.93. The number of hydrogen-bond acceptors (Lipinski definition) is 6. The largest absolute Gasteiger partial charge is 0.385 e. The zero-order valence-electron chi connectivity index (χ0n) is 16.5. The summed E-state index contributed by atoms with van der Waals surface area (Å²) >= 11 is 2.01. The molecule has 0 fully saturated rings. The first-order valence-corrected chi connectivity index (χ1v) is 10.3. The standard InChI is InChI=1S/C17H39N7S/c1-5-17(4,14(18)22-19)11-7-9-13-25-12-8-6-10-16(2,3)15(23-20)24-21/h5-13,19-21H2,1-4H3,(H2,18,22)(H,23,24). The van der Waals surface area contributed by atoms with Crippen molar-refractivity contribution in [2.75, 3.05) is 11.5 Å². The number of nitrogens with one attached hydrogen (secondary N) is 1. The van der Waals surface area contributed by atoms with Crippen molar-refractivity contribution in [1.29, 1.82) is 0 Å². The molecule has 0 aliphatic heterocycles. The van der Waals surface area contributed by atoms with E-state index in [9.17, 15) is 0 Å². The number of rotatable bonds is 13. The third kappa shape index (κ3) is 8.67. The first-order chi connectivity index (χ1) is 11.8. The summed E-state index contributed by atoms with van der Waals surface area (Å²) in [5.41, 5.74) is 8.34. The first kappa shape index (κ1) is 23.9. The van der Waals surface area contributed by atoms with Gasteiger partial charge in [-0.05, 0) is 43.6 Å². The van der Waals surface area contributed by atoms with Crippen LogP contribution in [-0.4, -0.2) is 23.2 Å². The van der Waals surface area contributed by atoms with E-state index in [1.165, 1.54) is 24.3 Å². The molecule has 0 heterocycles. The second-order valence-electron chi connectivity index (χ2n) is 7.46. The van der Waals surface area contributed by atoms with Crippen LogP contribution in [0.25, 0.3) is 0 Å². The maximum absolute atomic E-state index is 5.93. The predicted octanol–water partition coefficient (Wildman–Crippen LogP) is 2.47. The maximum Gasteiger partial charge on any atom is 0.141 e. The number of nitrogens with zero attached hydrogens (tertiary/aromatic N) is 2. The number of hydrazone groups is 2. The second kappa shape index (κ2) is 12.2. The van der Waals surface area contributed by atoms with Crippen molar-refractivity contribution in [3.63, 3.8) is 0 Å². The molecule has 0 radical (unpaired) electrons. The lowest BCUT2D eigenvalue weighted by Crippen LogP contribution is -2.42. The highest BCUT2D eigenvalue weighted by molar-refractivity contribution is 7.99. The van der Waals surface area contributed by atoms with Crippen molar-refractivity contribution in [1.82, 2.24) is 5.43 Å². The van der Waals surface area contributed by atoms with Crippen molar-refractivity contribution in [3.05, 3.63) is 0 Å². The summed E-state index contributed by atoms with van der Waals surface area (Å²) in [6, 6.07) is 0. The van der Waals surface area contributed by atoms with Crippen LogP contribution in [0.2, 0.25) is 0 Å². The molecule has 0 aromatic heterocycles. The van der Waals surface area contributed by atoms with Gasteiger partial charge in [0.2, 0.25) is 0 Å². The molecule has 9 N–H and O–H groups in total. The minimum Gasteiger partial charge on any atom is -0.385 e. The third-order valence-electron chi connectivity index (χ3n) is 5.05. The Kier molecular flexibility index (Phi) is 11.7. The minimum absolute atomic E-state index is 0.0652. The Morgan fingerprint density at radius 1 is 0.960 bits per heavy atom. The van der Waals surface area contributed by atoms with Crippen molar-refractivity contribution in [2.24, 2.45) is 44.3 Å². The molecule has 0 rings (SSSR count). The SMILES string of the molecule is CCC(C)(CCCCSCCCCC(C)(C)/C(=N/N)NN)/C(N)=N/N. The zero-order chi connectivity index (χ0) is 19.3. The monoisotopic (exact) mass is 373 g/mol. The number of unbranched alkanes of at least 4 members (excludes halogenated alkanes) is 2. The van der Waals surface area contributed by atoms with Gasteiger partial charge in [-0.2, -0.15) is 22.0 Å². The van der Waals surface area contributed by atoms with Crippen molar-refractivity contribution < 1.29 is 0 Å². The Morgan fingerprint density at radius 3 is 1.96 bits per heavy atom. The first-order valence-electron chi connectivity index (χ1n) is 9.14. The lowest BCUT2D eigenvalue weighted by Gasteiger charge is -2.27. The molecule has 0 aliphatic rings. The van der Waals surface area contributed by atoms with Crippen LogP contribution in [0.1, 0.15) is 72.6 Å². The van der Waals surface area contributed by atoms with E-state index < -0.39 is 0 Å². The molecular weight excluding hydrogens is 334 g/mol. The van der Waals surface area contributed by atoms with E-state index >= 15 is 0 Å². The number of nitrogens with two attached hydrogens (primary N) is 4. The molecule has 25 heavy (non-hydrogen) atoms. The van der Waals surface area contributed by atoms with Gasteiger partial charge in [-0.1, -0.05) is 40.5 Å². The number of hydrogen-bond donors (Lipinski definition) is 5. The molecule has 148 valence electrons. The molecule has 0 spiro atoms. The summed E-state index contributed by atoms with van der Waals surface area (Å²) < 4.78 is 0. The van der Waals surface area contributed by atoms with Gasteiger partial charge in [-0.3, -0.25) is 0 Å². The highest BCUT2D eigenvalue weighted by Crippen LogP contribution is 2.29. The van der Waals surface area contributed by atoms with Gasteiger partial charge >= 0.3 is 0 Å². The van der Waals surface area contributed by atoms with E-state index in [0.717, 1.165) is 32.1 Å². The molecular formula is C17H39N7S. The molecule has 1 unspecified atom stereocenters. The van der Waals surface area contributed by atoms with Crippen molar-refractivity contribution in [3.8, 4) is 0 Å². The Labute approximate surface area is 157 Å². The van der Waals surface area contributed by atoms with Crippen LogP contribution in [0.5, 0.6) is 0 Å². The van der Waals surface area contributed by atoms with Gasteiger partial charge in [-0.25, -0.2) is 5.84 Å². The molecule has 0 saturated heterocycles. The number of hydrazine groups is 1. The summed E-state index contributed by atoms with van der Waals surface area (Å²) in [4.78, 5) is 0. The third-order valence-corrected chi connectivity index (χ3v) is 6.21. The fourth-order valence-corrected chi connectivity index (χ4v) is 3.78. The molecule has 0 amide bonds. The topological polar surface area (TPSA) is 141 Å². The zero-order valence-corrected chi connectivity index (χ0v) is 17.3. The summed E-state index contributed by atoms with van der Waals surface area (Å²) in [5, 5.41) is 7.41. The van der Waals surface area contributed by atoms with Gasteiger partial charge in [-0.15, -0.1) is 0 Å². The van der Waals surface area contributed by atoms with E-state index in [0.29, 0.717) is 11.7 Å². The highest BCUT2D eigenvalue weighted by Gasteiger charge is 2.26. The van der Waals surface area contributed by atoms with Gasteiger partial charge in [0, 0.05) is 10.8 Å². The van der Waals surface area contributed by atoms with Crippen molar-refractivity contribution >= 4 is 23.4 Å². The van der Waals surface area contributed by atoms with Gasteiger partial charge < -0.3 is 22.8 Å². The van der Waals surface area contributed by atoms with Crippen LogP contribution >= 0.6 is 11.8 Å². The van der Waals surface area contributed by atoms with Crippen LogP contribution < -0.4 is 28.7 Å². The lowest BCUT2D eigenvalue weighted by molar-refractivity contribution is 0.393. The molecule has 7 nitrogen and oxygen atoms in total. The van der Waals surface area contributed by atoms with Gasteiger partial charge in [0.05, 0.1) is 0 Å². The molecule has 1 atom stereocenters. The Bertz CT molecular complexity index is 423. The van der Waals surface area contributed by atoms with Crippen LogP contribution in [0, 0.1) is 10.8 Å². The minimum atomic E-state index is -0.108. The average molecular weight is 374 g/mol. The molecule has 0 bridgehead atoms. The van der Waals surface area contributed by atoms with Crippen LogP contribution in [-0.2, 0) is 0 Å². The van der Waals surface area contributed by atoms with E-state index in [1.54, 1.807) is 0 Å². The normalized spacial score (nSPS) is 15.9. The fraction of sp³-hybridized carbons (Fsp3) is 0.882. The van der Waals surface area contributed by atoms with Crippen LogP contribution in [0.3, 0.4) is 0 Å². The predicted molar refractivity (Wildman–Crippen MR) is 112 cm³/mol. The quantitative estimate of drug-likeness (QED) is 0.110. The van der Waals surface area contributed by atoms with Crippen LogP contribution in [0.15, 0.2) is 10.2 Å². The summed E-state index contributed by atoms with van der Waals surface area (Å²) in [5.74, 6) is 19.7. The molecule has 8 heteroatoms. The molecule has 0 saturated carbocycles. The van der Waals surface area contributed by atoms with E-state index in [2.05, 4.69) is 43.3 Å². The van der Waals surface area contributed by atoms with E-state index in [-0.39, 0.29) is 10.8 Å². The molecule has 0 aromatic carbocycles. The Balaban J connectivity index is 3.82. The van der Waals surface area contributed by atoms with Crippen LogP contribution in [0.4, 0.5) is 0 Å². The van der Waals surface area contributed by atoms with Gasteiger partial charge in [0.1, 0.15) is 11.7 Å².